The lowest BCUT2D eigenvalue weighted by atomic mass is 10.00. The molecule has 0 fully saturated rings. The van der Waals surface area contributed by atoms with E-state index in [0.717, 1.165) is 27.8 Å². The van der Waals surface area contributed by atoms with Crippen molar-refractivity contribution in [3.8, 4) is 22.5 Å². The van der Waals surface area contributed by atoms with Gasteiger partial charge in [-0.25, -0.2) is 0 Å². The Bertz CT molecular complexity index is 1270. The number of aliphatic hydroxyl groups is 1. The van der Waals surface area contributed by atoms with Crippen LogP contribution in [0, 0.1) is 0 Å². The number of nitrogens with zero attached hydrogens (tertiary/aromatic N) is 2. The van der Waals surface area contributed by atoms with Crippen molar-refractivity contribution < 1.29 is 14.3 Å². The van der Waals surface area contributed by atoms with Gasteiger partial charge >= 0.3 is 0 Å². The third-order valence-corrected chi connectivity index (χ3v) is 5.18. The third-order valence-electron chi connectivity index (χ3n) is 5.18. The monoisotopic (exact) mass is 385 g/mol. The second-order valence-corrected chi connectivity index (χ2v) is 7.73. The molecule has 1 aliphatic heterocycles. The van der Waals surface area contributed by atoms with Gasteiger partial charge in [0.05, 0.1) is 5.69 Å². The topological polar surface area (TPSA) is 88.3 Å². The van der Waals surface area contributed by atoms with Gasteiger partial charge in [0.2, 0.25) is 0 Å². The summed E-state index contributed by atoms with van der Waals surface area (Å²) < 4.78 is 6.20. The van der Waals surface area contributed by atoms with E-state index in [1.54, 1.807) is 26.2 Å². The Balaban J connectivity index is 1.62. The highest BCUT2D eigenvalue weighted by molar-refractivity contribution is 5.99. The maximum atomic E-state index is 11.8. The van der Waals surface area contributed by atoms with Crippen molar-refractivity contribution in [1.82, 2.24) is 15.3 Å². The van der Waals surface area contributed by atoms with E-state index in [1.165, 1.54) is 0 Å². The molecule has 0 unspecified atom stereocenters. The van der Waals surface area contributed by atoms with Crippen LogP contribution < -0.4 is 5.32 Å². The van der Waals surface area contributed by atoms with E-state index in [4.69, 9.17) is 4.42 Å². The van der Waals surface area contributed by atoms with Gasteiger partial charge in [-0.2, -0.15) is 0 Å². The van der Waals surface area contributed by atoms with Gasteiger partial charge in [-0.1, -0.05) is 6.07 Å². The predicted octanol–water partition coefficient (Wildman–Crippen LogP) is 4.03. The quantitative estimate of drug-likeness (QED) is 0.556. The molecule has 0 aliphatic carbocycles. The summed E-state index contributed by atoms with van der Waals surface area (Å²) in [5.41, 5.74) is 5.32. The Labute approximate surface area is 167 Å². The highest BCUT2D eigenvalue weighted by atomic mass is 16.3. The molecule has 29 heavy (non-hydrogen) atoms. The lowest BCUT2D eigenvalue weighted by Gasteiger charge is -2.17. The van der Waals surface area contributed by atoms with Crippen LogP contribution in [0.2, 0.25) is 0 Å². The van der Waals surface area contributed by atoms with Crippen molar-refractivity contribution in [3.05, 3.63) is 71.7 Å². The minimum absolute atomic E-state index is 0.0413. The van der Waals surface area contributed by atoms with Crippen LogP contribution in [0.5, 0.6) is 0 Å². The summed E-state index contributed by atoms with van der Waals surface area (Å²) >= 11 is 0. The molecule has 6 nitrogen and oxygen atoms in total. The molecule has 0 atom stereocenters. The normalized spacial score (nSPS) is 13.6. The average Bonchev–Trinajstić information content (AvgIpc) is 3.31. The van der Waals surface area contributed by atoms with Crippen molar-refractivity contribution in [3.63, 3.8) is 0 Å². The summed E-state index contributed by atoms with van der Waals surface area (Å²) in [4.78, 5) is 20.5. The SMILES string of the molecule is CC(C)(O)c1cc(-c2ccnc3cc(-c4ccc5c(c4)CNC5=O)oc23)ccn1. The van der Waals surface area contributed by atoms with Gasteiger partial charge in [0.1, 0.15) is 16.9 Å². The Morgan fingerprint density at radius 1 is 1.00 bits per heavy atom. The molecule has 6 heteroatoms. The number of rotatable bonds is 3. The van der Waals surface area contributed by atoms with E-state index in [0.29, 0.717) is 29.1 Å². The van der Waals surface area contributed by atoms with E-state index in [2.05, 4.69) is 15.3 Å². The highest BCUT2D eigenvalue weighted by Gasteiger charge is 2.21. The maximum Gasteiger partial charge on any atom is 0.251 e. The molecule has 3 aromatic heterocycles. The standard InChI is InChI=1S/C23H19N3O3/c1-23(2,28)20-10-13(5-7-25-20)16-6-8-24-18-11-19(29-21(16)18)14-3-4-17-15(9-14)12-26-22(17)27/h3-11,28H,12H2,1-2H3,(H,26,27). The first kappa shape index (κ1) is 17.6. The average molecular weight is 385 g/mol. The predicted molar refractivity (Wildman–Crippen MR) is 109 cm³/mol. The summed E-state index contributed by atoms with van der Waals surface area (Å²) in [6.07, 6.45) is 3.43. The lowest BCUT2D eigenvalue weighted by molar-refractivity contribution is 0.0739. The minimum atomic E-state index is -1.04. The van der Waals surface area contributed by atoms with Gasteiger partial charge in [-0.3, -0.25) is 14.8 Å². The zero-order valence-electron chi connectivity index (χ0n) is 16.1. The number of hydrogen-bond acceptors (Lipinski definition) is 5. The first-order valence-electron chi connectivity index (χ1n) is 9.39. The lowest BCUT2D eigenvalue weighted by Crippen LogP contribution is -2.17. The van der Waals surface area contributed by atoms with Crippen LogP contribution in [0.4, 0.5) is 0 Å². The minimum Gasteiger partial charge on any atom is -0.454 e. The molecule has 4 aromatic rings. The largest absolute Gasteiger partial charge is 0.454 e. The van der Waals surface area contributed by atoms with Crippen LogP contribution in [0.3, 0.4) is 0 Å². The van der Waals surface area contributed by atoms with Crippen LogP contribution in [-0.4, -0.2) is 21.0 Å². The number of pyridine rings is 2. The van der Waals surface area contributed by atoms with E-state index in [1.807, 2.05) is 42.5 Å². The zero-order chi connectivity index (χ0) is 20.2. The molecule has 0 spiro atoms. The smallest absolute Gasteiger partial charge is 0.251 e. The number of carbonyl (C=O) groups excluding carboxylic acids is 1. The molecule has 1 amide bonds. The highest BCUT2D eigenvalue weighted by Crippen LogP contribution is 2.35. The van der Waals surface area contributed by atoms with Crippen LogP contribution in [0.15, 0.2) is 59.3 Å². The van der Waals surface area contributed by atoms with E-state index in [-0.39, 0.29) is 5.91 Å². The number of carbonyl (C=O) groups is 1. The van der Waals surface area contributed by atoms with Crippen molar-refractivity contribution in [2.45, 2.75) is 26.0 Å². The Hall–Kier alpha value is -3.51. The van der Waals surface area contributed by atoms with E-state index in [9.17, 15) is 9.90 Å². The molecular weight excluding hydrogens is 366 g/mol. The summed E-state index contributed by atoms with van der Waals surface area (Å²) in [7, 11) is 0. The van der Waals surface area contributed by atoms with Crippen molar-refractivity contribution in [1.29, 1.82) is 0 Å². The number of aromatic nitrogens is 2. The number of fused-ring (bicyclic) bond motifs is 2. The van der Waals surface area contributed by atoms with Crippen LogP contribution in [0.1, 0.15) is 35.5 Å². The zero-order valence-corrected chi connectivity index (χ0v) is 16.1. The number of amides is 1. The first-order chi connectivity index (χ1) is 13.9. The van der Waals surface area contributed by atoms with Gasteiger partial charge in [-0.15, -0.1) is 0 Å². The van der Waals surface area contributed by atoms with Crippen LogP contribution in [-0.2, 0) is 12.1 Å². The number of nitrogens with one attached hydrogen (secondary N) is 1. The molecule has 1 aromatic carbocycles. The van der Waals surface area contributed by atoms with Crippen molar-refractivity contribution in [2.75, 3.05) is 0 Å². The Kier molecular flexibility index (Phi) is 3.79. The molecule has 1 aliphatic rings. The van der Waals surface area contributed by atoms with Crippen LogP contribution in [0.25, 0.3) is 33.6 Å². The molecule has 0 saturated heterocycles. The van der Waals surface area contributed by atoms with Crippen molar-refractivity contribution >= 4 is 17.0 Å². The molecule has 0 saturated carbocycles. The second kappa shape index (κ2) is 6.25. The maximum absolute atomic E-state index is 11.8. The van der Waals surface area contributed by atoms with Gasteiger partial charge in [-0.05, 0) is 55.3 Å². The van der Waals surface area contributed by atoms with Crippen molar-refractivity contribution in [2.24, 2.45) is 0 Å². The molecular formula is C23H19N3O3. The molecule has 2 N–H and O–H groups in total. The fourth-order valence-corrected chi connectivity index (χ4v) is 3.63. The molecule has 4 heterocycles. The summed E-state index contributed by atoms with van der Waals surface area (Å²) in [6.45, 7) is 3.95. The Morgan fingerprint density at radius 3 is 2.66 bits per heavy atom. The summed E-state index contributed by atoms with van der Waals surface area (Å²) in [5, 5.41) is 13.1. The van der Waals surface area contributed by atoms with Gasteiger partial charge in [0.25, 0.3) is 5.91 Å². The van der Waals surface area contributed by atoms with E-state index < -0.39 is 5.60 Å². The number of benzene rings is 1. The molecule has 5 rings (SSSR count). The molecule has 144 valence electrons. The number of furan rings is 1. The Morgan fingerprint density at radius 2 is 1.83 bits per heavy atom. The fourth-order valence-electron chi connectivity index (χ4n) is 3.63. The summed E-state index contributed by atoms with van der Waals surface area (Å²) in [6, 6.07) is 13.2. The molecule has 0 radical (unpaired) electrons. The first-order valence-corrected chi connectivity index (χ1v) is 9.39. The third kappa shape index (κ3) is 2.98. The molecule has 0 bridgehead atoms. The number of hydrogen-bond donors (Lipinski definition) is 2. The van der Waals surface area contributed by atoms with Crippen LogP contribution >= 0.6 is 0 Å². The van der Waals surface area contributed by atoms with Gasteiger partial charge < -0.3 is 14.8 Å². The van der Waals surface area contributed by atoms with Gasteiger partial charge in [0.15, 0.2) is 5.58 Å². The summed E-state index contributed by atoms with van der Waals surface area (Å²) in [5.74, 6) is 0.652. The second-order valence-electron chi connectivity index (χ2n) is 7.73. The van der Waals surface area contributed by atoms with E-state index >= 15 is 0 Å². The van der Waals surface area contributed by atoms with Gasteiger partial charge in [0, 0.05) is 41.7 Å². The fraction of sp³-hybridized carbons (Fsp3) is 0.174.